The van der Waals surface area contributed by atoms with Crippen molar-refractivity contribution in [3.63, 3.8) is 0 Å². The Bertz CT molecular complexity index is 944. The fourth-order valence-corrected chi connectivity index (χ4v) is 3.59. The van der Waals surface area contributed by atoms with Crippen LogP contribution in [0.25, 0.3) is 16.9 Å². The molecule has 3 N–H and O–H groups in total. The molecule has 0 bridgehead atoms. The van der Waals surface area contributed by atoms with Crippen LogP contribution in [0.3, 0.4) is 0 Å². The molecule has 7 heteroatoms. The number of benzene rings is 1. The van der Waals surface area contributed by atoms with E-state index in [-0.39, 0.29) is 12.0 Å². The van der Waals surface area contributed by atoms with Crippen molar-refractivity contribution < 1.29 is 10.2 Å². The maximum Gasteiger partial charge on any atom is 0.159 e. The number of hydrogen-bond acceptors (Lipinski definition) is 5. The summed E-state index contributed by atoms with van der Waals surface area (Å²) in [5.41, 5.74) is 3.11. The Balaban J connectivity index is 1.78. The van der Waals surface area contributed by atoms with E-state index < -0.39 is 12.2 Å². The molecule has 0 spiro atoms. The van der Waals surface area contributed by atoms with Gasteiger partial charge in [-0.25, -0.2) is 4.98 Å². The summed E-state index contributed by atoms with van der Waals surface area (Å²) in [6, 6.07) is 11.4. The number of rotatable bonds is 3. The fraction of sp³-hybridized carbons (Fsp3) is 0.316. The van der Waals surface area contributed by atoms with Crippen LogP contribution < -0.4 is 5.32 Å². The predicted molar refractivity (Wildman–Crippen MR) is 101 cm³/mol. The van der Waals surface area contributed by atoms with E-state index in [1.54, 1.807) is 4.52 Å². The third kappa shape index (κ3) is 2.84. The van der Waals surface area contributed by atoms with Crippen molar-refractivity contribution in [2.24, 2.45) is 5.92 Å². The van der Waals surface area contributed by atoms with Gasteiger partial charge in [0.2, 0.25) is 0 Å². The normalized spacial score (nSPS) is 25.7. The number of hydrogen-bond donors (Lipinski definition) is 3. The van der Waals surface area contributed by atoms with Crippen LogP contribution in [0.2, 0.25) is 5.15 Å². The summed E-state index contributed by atoms with van der Waals surface area (Å²) in [4.78, 5) is 4.41. The molecule has 0 aliphatic heterocycles. The molecule has 1 aliphatic rings. The third-order valence-corrected chi connectivity index (χ3v) is 5.34. The Hall–Kier alpha value is -2.15. The highest BCUT2D eigenvalue weighted by molar-refractivity contribution is 6.30. The van der Waals surface area contributed by atoms with Gasteiger partial charge in [-0.05, 0) is 26.2 Å². The molecule has 1 saturated carbocycles. The first-order chi connectivity index (χ1) is 12.5. The summed E-state index contributed by atoms with van der Waals surface area (Å²) >= 11 is 6.31. The highest BCUT2D eigenvalue weighted by atomic mass is 35.5. The first kappa shape index (κ1) is 17.3. The van der Waals surface area contributed by atoms with Crippen LogP contribution in [-0.2, 0) is 0 Å². The van der Waals surface area contributed by atoms with Gasteiger partial charge in [-0.1, -0.05) is 41.9 Å². The van der Waals surface area contributed by atoms with Crippen LogP contribution in [0.15, 0.2) is 36.4 Å². The summed E-state index contributed by atoms with van der Waals surface area (Å²) < 4.78 is 1.69. The van der Waals surface area contributed by atoms with E-state index in [0.29, 0.717) is 23.0 Å². The minimum absolute atomic E-state index is 0.229. The van der Waals surface area contributed by atoms with Crippen molar-refractivity contribution in [3.8, 4) is 11.3 Å². The molecule has 0 saturated heterocycles. The summed E-state index contributed by atoms with van der Waals surface area (Å²) in [7, 11) is 0. The van der Waals surface area contributed by atoms with Crippen molar-refractivity contribution in [1.82, 2.24) is 14.6 Å². The highest BCUT2D eigenvalue weighted by Crippen LogP contribution is 2.32. The first-order valence-electron chi connectivity index (χ1n) is 8.52. The molecule has 3 aromatic rings. The minimum atomic E-state index is -0.900. The van der Waals surface area contributed by atoms with E-state index in [1.165, 1.54) is 0 Å². The molecule has 135 valence electrons. The summed E-state index contributed by atoms with van der Waals surface area (Å²) in [5.74, 6) is 0.431. The molecule has 4 rings (SSSR count). The van der Waals surface area contributed by atoms with Crippen molar-refractivity contribution in [3.05, 3.63) is 54.0 Å². The Morgan fingerprint density at radius 1 is 1.23 bits per heavy atom. The lowest BCUT2D eigenvalue weighted by atomic mass is 10.1. The van der Waals surface area contributed by atoms with Crippen LogP contribution in [0, 0.1) is 19.8 Å². The zero-order chi connectivity index (χ0) is 18.4. The summed E-state index contributed by atoms with van der Waals surface area (Å²) in [6.45, 7) is 5.74. The van der Waals surface area contributed by atoms with Gasteiger partial charge in [0.05, 0.1) is 17.8 Å². The number of nitrogens with zero attached hydrogens (tertiary/aromatic N) is 3. The van der Waals surface area contributed by atoms with Crippen LogP contribution in [0.5, 0.6) is 0 Å². The van der Waals surface area contributed by atoms with E-state index in [1.807, 2.05) is 43.3 Å². The molecule has 2 heterocycles. The standard InChI is InChI=1S/C19H20ClN4O2/c1-10-8-14(17(26)16(10)25)21-19-11(2)18(20)22-15-9-13(23-24(15)19)12-6-4-3-5-7-12/h3-7,9-10,14,16-17,21,25-26H,1,8H2,2H3/t10-,14-,16-,17+/m1/s1. The van der Waals surface area contributed by atoms with Crippen LogP contribution in [0.1, 0.15) is 12.0 Å². The van der Waals surface area contributed by atoms with Gasteiger partial charge in [-0.3, -0.25) is 0 Å². The molecule has 2 aromatic heterocycles. The minimum Gasteiger partial charge on any atom is -0.390 e. The monoisotopic (exact) mass is 371 g/mol. The molecule has 1 radical (unpaired) electrons. The molecule has 6 nitrogen and oxygen atoms in total. The van der Waals surface area contributed by atoms with Gasteiger partial charge in [0.1, 0.15) is 17.1 Å². The highest BCUT2D eigenvalue weighted by Gasteiger charge is 2.39. The number of fused-ring (bicyclic) bond motifs is 1. The molecular weight excluding hydrogens is 352 g/mol. The van der Waals surface area contributed by atoms with Crippen LogP contribution in [0.4, 0.5) is 5.82 Å². The quantitative estimate of drug-likeness (QED) is 0.617. The average Bonchev–Trinajstić information content (AvgIpc) is 3.16. The average molecular weight is 372 g/mol. The predicted octanol–water partition coefficient (Wildman–Crippen LogP) is 2.71. The Kier molecular flexibility index (Phi) is 4.34. The Morgan fingerprint density at radius 2 is 1.96 bits per heavy atom. The number of nitrogens with one attached hydrogen (secondary N) is 1. The molecule has 0 amide bonds. The lowest BCUT2D eigenvalue weighted by Gasteiger charge is -2.21. The van der Waals surface area contributed by atoms with E-state index >= 15 is 0 Å². The van der Waals surface area contributed by atoms with Crippen molar-refractivity contribution in [1.29, 1.82) is 0 Å². The maximum atomic E-state index is 10.3. The van der Waals surface area contributed by atoms with Crippen molar-refractivity contribution in [2.75, 3.05) is 5.32 Å². The smallest absolute Gasteiger partial charge is 0.159 e. The molecule has 4 atom stereocenters. The number of aliphatic hydroxyl groups is 2. The molecule has 0 unspecified atom stereocenters. The van der Waals surface area contributed by atoms with Gasteiger partial charge < -0.3 is 15.5 Å². The maximum absolute atomic E-state index is 10.3. The first-order valence-corrected chi connectivity index (χ1v) is 8.90. The van der Waals surface area contributed by atoms with Gasteiger partial charge in [0, 0.05) is 17.2 Å². The van der Waals surface area contributed by atoms with E-state index in [4.69, 9.17) is 11.6 Å². The van der Waals surface area contributed by atoms with Gasteiger partial charge in [-0.15, -0.1) is 0 Å². The molecule has 1 aromatic carbocycles. The van der Waals surface area contributed by atoms with E-state index in [9.17, 15) is 10.2 Å². The zero-order valence-electron chi connectivity index (χ0n) is 14.3. The third-order valence-electron chi connectivity index (χ3n) is 4.97. The van der Waals surface area contributed by atoms with E-state index in [2.05, 4.69) is 22.3 Å². The van der Waals surface area contributed by atoms with Crippen LogP contribution in [-0.4, -0.2) is 43.1 Å². The molecular formula is C19H20ClN4O2. The number of halogens is 1. The van der Waals surface area contributed by atoms with Gasteiger partial charge in [-0.2, -0.15) is 9.61 Å². The molecule has 1 fully saturated rings. The molecule has 1 aliphatic carbocycles. The second-order valence-electron chi connectivity index (χ2n) is 6.77. The second kappa shape index (κ2) is 6.54. The number of aromatic nitrogens is 3. The molecule has 26 heavy (non-hydrogen) atoms. The topological polar surface area (TPSA) is 82.7 Å². The number of anilines is 1. The Morgan fingerprint density at radius 3 is 2.62 bits per heavy atom. The van der Waals surface area contributed by atoms with E-state index in [0.717, 1.165) is 16.8 Å². The second-order valence-corrected chi connectivity index (χ2v) is 7.13. The fourth-order valence-electron chi connectivity index (χ4n) is 3.42. The zero-order valence-corrected chi connectivity index (χ0v) is 15.1. The van der Waals surface area contributed by atoms with Crippen molar-refractivity contribution in [2.45, 2.75) is 31.6 Å². The van der Waals surface area contributed by atoms with Gasteiger partial charge in [0.15, 0.2) is 5.65 Å². The summed E-state index contributed by atoms with van der Waals surface area (Å²) in [5, 5.41) is 28.6. The number of aliphatic hydroxyl groups excluding tert-OH is 2. The lowest BCUT2D eigenvalue weighted by molar-refractivity contribution is 0.0256. The SMILES string of the molecule is [CH2][C@@H]1C[C@@H](Nc2c(C)c(Cl)nc3cc(-c4ccccc4)nn23)[C@H](O)[C@@H]1O. The van der Waals surface area contributed by atoms with Crippen molar-refractivity contribution >= 4 is 23.1 Å². The largest absolute Gasteiger partial charge is 0.390 e. The van der Waals surface area contributed by atoms with Gasteiger partial charge >= 0.3 is 0 Å². The Labute approximate surface area is 156 Å². The summed E-state index contributed by atoms with van der Waals surface area (Å²) in [6.07, 6.45) is -1.20. The van der Waals surface area contributed by atoms with Crippen LogP contribution >= 0.6 is 11.6 Å². The van der Waals surface area contributed by atoms with Gasteiger partial charge in [0.25, 0.3) is 0 Å². The lowest BCUT2D eigenvalue weighted by Crippen LogP contribution is -2.35.